The van der Waals surface area contributed by atoms with Crippen LogP contribution >= 0.6 is 0 Å². The highest BCUT2D eigenvalue weighted by Crippen LogP contribution is 2.12. The molecule has 1 fully saturated rings. The van der Waals surface area contributed by atoms with E-state index in [9.17, 15) is 9.59 Å². The lowest BCUT2D eigenvalue weighted by Gasteiger charge is -2.09. The zero-order valence-corrected chi connectivity index (χ0v) is 10.5. The van der Waals surface area contributed by atoms with Crippen molar-refractivity contribution in [1.82, 2.24) is 0 Å². The Kier molecular flexibility index (Phi) is 8.81. The first kappa shape index (κ1) is 15.1. The first-order valence-corrected chi connectivity index (χ1v) is 5.86. The standard InChI is InChI=1S/C6H12O3.C6H10O/c1-4-8-6(3)9-5(2)7;7-6-4-2-1-3-5-6/h6H,4H2,1-3H3;1-5H2. The molecule has 0 radical (unpaired) electrons. The van der Waals surface area contributed by atoms with Crippen LogP contribution in [0.2, 0.25) is 0 Å². The summed E-state index contributed by atoms with van der Waals surface area (Å²) < 4.78 is 9.54. The molecule has 1 aliphatic rings. The second-order valence-corrected chi connectivity index (χ2v) is 3.73. The minimum atomic E-state index is -0.410. The van der Waals surface area contributed by atoms with Gasteiger partial charge in [-0.2, -0.15) is 0 Å². The average molecular weight is 230 g/mol. The summed E-state index contributed by atoms with van der Waals surface area (Å²) in [7, 11) is 0. The number of ether oxygens (including phenoxy) is 2. The van der Waals surface area contributed by atoms with Crippen molar-refractivity contribution in [3.05, 3.63) is 0 Å². The Hall–Kier alpha value is -0.900. The average Bonchev–Trinajstić information content (AvgIpc) is 2.18. The molecule has 0 bridgehead atoms. The second-order valence-electron chi connectivity index (χ2n) is 3.73. The normalized spacial score (nSPS) is 17.1. The van der Waals surface area contributed by atoms with Crippen LogP contribution in [0.4, 0.5) is 0 Å². The number of carbonyl (C=O) groups is 2. The molecule has 0 spiro atoms. The fourth-order valence-electron chi connectivity index (χ4n) is 1.45. The van der Waals surface area contributed by atoms with Crippen molar-refractivity contribution < 1.29 is 19.1 Å². The molecule has 4 nitrogen and oxygen atoms in total. The van der Waals surface area contributed by atoms with Crippen molar-refractivity contribution >= 4 is 11.8 Å². The van der Waals surface area contributed by atoms with E-state index in [0.29, 0.717) is 12.4 Å². The molecule has 1 aliphatic carbocycles. The molecular weight excluding hydrogens is 208 g/mol. The molecule has 0 aromatic carbocycles. The van der Waals surface area contributed by atoms with E-state index in [1.54, 1.807) is 6.92 Å². The van der Waals surface area contributed by atoms with Gasteiger partial charge < -0.3 is 9.47 Å². The number of hydrogen-bond acceptors (Lipinski definition) is 4. The van der Waals surface area contributed by atoms with E-state index in [-0.39, 0.29) is 5.97 Å². The summed E-state index contributed by atoms with van der Waals surface area (Å²) in [4.78, 5) is 20.7. The molecule has 0 N–H and O–H groups in total. The third kappa shape index (κ3) is 9.65. The van der Waals surface area contributed by atoms with Crippen molar-refractivity contribution in [3.8, 4) is 0 Å². The third-order valence-electron chi connectivity index (χ3n) is 2.14. The highest BCUT2D eigenvalue weighted by Gasteiger charge is 2.06. The number of esters is 1. The topological polar surface area (TPSA) is 52.6 Å². The summed E-state index contributed by atoms with van der Waals surface area (Å²) >= 11 is 0. The molecule has 94 valence electrons. The maximum absolute atomic E-state index is 10.5. The van der Waals surface area contributed by atoms with Gasteiger partial charge in [0.15, 0.2) is 6.29 Å². The van der Waals surface area contributed by atoms with E-state index in [1.807, 2.05) is 6.92 Å². The fraction of sp³-hybridized carbons (Fsp3) is 0.833. The predicted molar refractivity (Wildman–Crippen MR) is 60.9 cm³/mol. The number of Topliss-reactive ketones (excluding diaryl/α,β-unsaturated/α-hetero) is 1. The van der Waals surface area contributed by atoms with Gasteiger partial charge in [-0.3, -0.25) is 9.59 Å². The molecule has 1 atom stereocenters. The van der Waals surface area contributed by atoms with Crippen LogP contribution in [0.1, 0.15) is 52.9 Å². The number of rotatable bonds is 3. The summed E-state index contributed by atoms with van der Waals surface area (Å²) in [5, 5.41) is 0. The third-order valence-corrected chi connectivity index (χ3v) is 2.14. The van der Waals surface area contributed by atoms with Crippen LogP contribution in [0.3, 0.4) is 0 Å². The lowest BCUT2D eigenvalue weighted by atomic mass is 10.00. The zero-order valence-electron chi connectivity index (χ0n) is 10.5. The maximum Gasteiger partial charge on any atom is 0.304 e. The van der Waals surface area contributed by atoms with Gasteiger partial charge >= 0.3 is 5.97 Å². The summed E-state index contributed by atoms with van der Waals surface area (Å²) in [6.45, 7) is 5.45. The van der Waals surface area contributed by atoms with Crippen LogP contribution in [-0.4, -0.2) is 24.6 Å². The Labute approximate surface area is 97.3 Å². The Morgan fingerprint density at radius 1 is 1.31 bits per heavy atom. The van der Waals surface area contributed by atoms with Gasteiger partial charge in [0.25, 0.3) is 0 Å². The molecule has 16 heavy (non-hydrogen) atoms. The van der Waals surface area contributed by atoms with E-state index in [1.165, 1.54) is 13.3 Å². The van der Waals surface area contributed by atoms with Gasteiger partial charge in [0.1, 0.15) is 5.78 Å². The van der Waals surface area contributed by atoms with Crippen molar-refractivity contribution in [2.24, 2.45) is 0 Å². The number of hydrogen-bond donors (Lipinski definition) is 0. The van der Waals surface area contributed by atoms with Gasteiger partial charge in [0, 0.05) is 26.4 Å². The molecular formula is C12H22O4. The number of carbonyl (C=O) groups excluding carboxylic acids is 2. The monoisotopic (exact) mass is 230 g/mol. The van der Waals surface area contributed by atoms with Crippen LogP contribution in [-0.2, 0) is 19.1 Å². The first-order chi connectivity index (χ1) is 7.56. The van der Waals surface area contributed by atoms with Crippen LogP contribution in [0.15, 0.2) is 0 Å². The molecule has 0 aliphatic heterocycles. The van der Waals surface area contributed by atoms with Crippen LogP contribution in [0.5, 0.6) is 0 Å². The van der Waals surface area contributed by atoms with Crippen molar-refractivity contribution in [3.63, 3.8) is 0 Å². The van der Waals surface area contributed by atoms with Gasteiger partial charge in [0.2, 0.25) is 0 Å². The summed E-state index contributed by atoms with van der Waals surface area (Å²) in [6.07, 6.45) is 4.83. The Morgan fingerprint density at radius 2 is 1.88 bits per heavy atom. The summed E-state index contributed by atoms with van der Waals surface area (Å²) in [5.74, 6) is 0.155. The Bertz CT molecular complexity index is 205. The van der Waals surface area contributed by atoms with Gasteiger partial charge in [0.05, 0.1) is 0 Å². The number of ketones is 1. The molecule has 0 heterocycles. The minimum absolute atomic E-state index is 0.309. The fourth-order valence-corrected chi connectivity index (χ4v) is 1.45. The van der Waals surface area contributed by atoms with Crippen molar-refractivity contribution in [1.29, 1.82) is 0 Å². The molecule has 0 amide bonds. The van der Waals surface area contributed by atoms with Crippen molar-refractivity contribution in [2.75, 3.05) is 6.61 Å². The molecule has 4 heteroatoms. The van der Waals surface area contributed by atoms with E-state index in [4.69, 9.17) is 4.74 Å². The lowest BCUT2D eigenvalue weighted by molar-refractivity contribution is -0.171. The maximum atomic E-state index is 10.5. The molecule has 0 aromatic rings. The largest absolute Gasteiger partial charge is 0.436 e. The zero-order chi connectivity index (χ0) is 12.4. The summed E-state index contributed by atoms with van der Waals surface area (Å²) in [5.41, 5.74) is 0. The van der Waals surface area contributed by atoms with Crippen molar-refractivity contribution in [2.45, 2.75) is 59.2 Å². The van der Waals surface area contributed by atoms with E-state index >= 15 is 0 Å². The quantitative estimate of drug-likeness (QED) is 0.552. The second kappa shape index (κ2) is 9.33. The SMILES string of the molecule is CCOC(C)OC(C)=O.O=C1CCCCC1. The smallest absolute Gasteiger partial charge is 0.304 e. The van der Waals surface area contributed by atoms with E-state index in [2.05, 4.69) is 4.74 Å². The molecule has 1 rings (SSSR count). The van der Waals surface area contributed by atoms with E-state index < -0.39 is 6.29 Å². The van der Waals surface area contributed by atoms with E-state index in [0.717, 1.165) is 25.7 Å². The van der Waals surface area contributed by atoms with Crippen LogP contribution in [0, 0.1) is 0 Å². The molecule has 0 saturated heterocycles. The highest BCUT2D eigenvalue weighted by atomic mass is 16.7. The summed E-state index contributed by atoms with van der Waals surface area (Å²) in [6, 6.07) is 0. The van der Waals surface area contributed by atoms with Gasteiger partial charge in [-0.1, -0.05) is 6.42 Å². The van der Waals surface area contributed by atoms with Crippen LogP contribution < -0.4 is 0 Å². The minimum Gasteiger partial charge on any atom is -0.436 e. The molecule has 1 unspecified atom stereocenters. The Morgan fingerprint density at radius 3 is 2.19 bits per heavy atom. The van der Waals surface area contributed by atoms with Gasteiger partial charge in [-0.25, -0.2) is 0 Å². The Balaban J connectivity index is 0.000000288. The molecule has 0 aromatic heterocycles. The lowest BCUT2D eigenvalue weighted by Crippen LogP contribution is -2.15. The van der Waals surface area contributed by atoms with Crippen LogP contribution in [0.25, 0.3) is 0 Å². The molecule has 1 saturated carbocycles. The van der Waals surface area contributed by atoms with Gasteiger partial charge in [-0.15, -0.1) is 0 Å². The first-order valence-electron chi connectivity index (χ1n) is 5.86. The van der Waals surface area contributed by atoms with Gasteiger partial charge in [-0.05, 0) is 26.7 Å². The highest BCUT2D eigenvalue weighted by molar-refractivity contribution is 5.78. The predicted octanol–water partition coefficient (Wildman–Crippen LogP) is 2.45.